The van der Waals surface area contributed by atoms with E-state index >= 15 is 0 Å². The molecule has 0 aliphatic rings. The van der Waals surface area contributed by atoms with Crippen molar-refractivity contribution in [3.63, 3.8) is 0 Å². The number of halogens is 2. The number of fused-ring (bicyclic) bond motifs is 1. The van der Waals surface area contributed by atoms with Gasteiger partial charge in [-0.25, -0.2) is 0 Å². The van der Waals surface area contributed by atoms with Crippen LogP contribution in [0.25, 0.3) is 10.8 Å². The van der Waals surface area contributed by atoms with Gasteiger partial charge in [0.15, 0.2) is 0 Å². The molecule has 122 valence electrons. The van der Waals surface area contributed by atoms with E-state index < -0.39 is 6.61 Å². The summed E-state index contributed by atoms with van der Waals surface area (Å²) in [6.45, 7) is -2.80. The Bertz CT molecular complexity index is 859. The second kappa shape index (κ2) is 7.08. The Morgan fingerprint density at radius 2 is 1.67 bits per heavy atom. The summed E-state index contributed by atoms with van der Waals surface area (Å²) < 4.78 is 29.3. The number of carbonyl (C=O) groups is 1. The minimum atomic E-state index is -2.90. The van der Waals surface area contributed by atoms with E-state index in [0.29, 0.717) is 11.1 Å². The van der Waals surface area contributed by atoms with Crippen molar-refractivity contribution in [2.24, 2.45) is 0 Å². The van der Waals surface area contributed by atoms with Crippen molar-refractivity contribution in [1.82, 2.24) is 5.32 Å². The fourth-order valence-electron chi connectivity index (χ4n) is 2.55. The maximum Gasteiger partial charge on any atom is 0.387 e. The number of alkyl halides is 2. The van der Waals surface area contributed by atoms with Crippen molar-refractivity contribution >= 4 is 16.7 Å². The first-order valence-electron chi connectivity index (χ1n) is 7.44. The highest BCUT2D eigenvalue weighted by Crippen LogP contribution is 2.21. The van der Waals surface area contributed by atoms with Crippen molar-refractivity contribution in [2.75, 3.05) is 0 Å². The van der Waals surface area contributed by atoms with Gasteiger partial charge in [-0.05, 0) is 22.9 Å². The molecule has 0 aromatic heterocycles. The molecule has 0 heterocycles. The number of benzene rings is 3. The first-order chi connectivity index (χ1) is 11.6. The van der Waals surface area contributed by atoms with Crippen LogP contribution in [0, 0.1) is 0 Å². The molecule has 0 saturated carbocycles. The monoisotopic (exact) mass is 327 g/mol. The van der Waals surface area contributed by atoms with E-state index in [2.05, 4.69) is 10.1 Å². The highest BCUT2D eigenvalue weighted by molar-refractivity contribution is 6.06. The molecular formula is C19H15F2NO2. The number of para-hydroxylation sites is 1. The SMILES string of the molecule is O=C(NCc1ccccc1OC(F)F)c1cccc2ccccc12. The zero-order valence-corrected chi connectivity index (χ0v) is 12.7. The molecule has 3 aromatic carbocycles. The third-order valence-electron chi connectivity index (χ3n) is 3.66. The molecule has 0 radical (unpaired) electrons. The lowest BCUT2D eigenvalue weighted by atomic mass is 10.0. The summed E-state index contributed by atoms with van der Waals surface area (Å²) in [6, 6.07) is 19.4. The van der Waals surface area contributed by atoms with E-state index in [1.54, 1.807) is 24.3 Å². The summed E-state index contributed by atoms with van der Waals surface area (Å²) in [7, 11) is 0. The second-order valence-electron chi connectivity index (χ2n) is 5.20. The molecule has 1 N–H and O–H groups in total. The normalized spacial score (nSPS) is 10.8. The second-order valence-corrected chi connectivity index (χ2v) is 5.20. The summed E-state index contributed by atoms with van der Waals surface area (Å²) >= 11 is 0. The Hall–Kier alpha value is -2.95. The molecule has 0 bridgehead atoms. The lowest BCUT2D eigenvalue weighted by Crippen LogP contribution is -2.23. The van der Waals surface area contributed by atoms with E-state index in [0.717, 1.165) is 10.8 Å². The fourth-order valence-corrected chi connectivity index (χ4v) is 2.55. The van der Waals surface area contributed by atoms with Crippen molar-refractivity contribution in [2.45, 2.75) is 13.2 Å². The number of nitrogens with one attached hydrogen (secondary N) is 1. The predicted octanol–water partition coefficient (Wildman–Crippen LogP) is 4.37. The van der Waals surface area contributed by atoms with Gasteiger partial charge in [-0.3, -0.25) is 4.79 Å². The number of hydrogen-bond donors (Lipinski definition) is 1. The van der Waals surface area contributed by atoms with E-state index in [1.807, 2.05) is 36.4 Å². The van der Waals surface area contributed by atoms with Crippen molar-refractivity contribution in [1.29, 1.82) is 0 Å². The average Bonchev–Trinajstić information content (AvgIpc) is 2.60. The van der Waals surface area contributed by atoms with Crippen LogP contribution in [0.2, 0.25) is 0 Å². The first-order valence-corrected chi connectivity index (χ1v) is 7.44. The number of ether oxygens (including phenoxy) is 1. The summed E-state index contributed by atoms with van der Waals surface area (Å²) in [5.74, 6) is -0.204. The molecule has 5 heteroatoms. The zero-order chi connectivity index (χ0) is 16.9. The van der Waals surface area contributed by atoms with E-state index in [9.17, 15) is 13.6 Å². The molecule has 0 spiro atoms. The Kier molecular flexibility index (Phi) is 4.70. The molecule has 0 saturated heterocycles. The molecular weight excluding hydrogens is 312 g/mol. The largest absolute Gasteiger partial charge is 0.434 e. The van der Waals surface area contributed by atoms with Crippen LogP contribution >= 0.6 is 0 Å². The number of amides is 1. The lowest BCUT2D eigenvalue weighted by molar-refractivity contribution is -0.0504. The van der Waals surface area contributed by atoms with Gasteiger partial charge in [-0.15, -0.1) is 0 Å². The van der Waals surface area contributed by atoms with E-state index in [4.69, 9.17) is 0 Å². The van der Waals surface area contributed by atoms with Crippen LogP contribution in [0.3, 0.4) is 0 Å². The van der Waals surface area contributed by atoms with Crippen LogP contribution in [0.1, 0.15) is 15.9 Å². The summed E-state index contributed by atoms with van der Waals surface area (Å²) in [4.78, 5) is 12.5. The van der Waals surface area contributed by atoms with Gasteiger partial charge in [0, 0.05) is 17.7 Å². The Morgan fingerprint density at radius 1 is 0.958 bits per heavy atom. The quantitative estimate of drug-likeness (QED) is 0.755. The maximum atomic E-state index is 12.5. The van der Waals surface area contributed by atoms with Crippen LogP contribution in [0.4, 0.5) is 8.78 Å². The third-order valence-corrected chi connectivity index (χ3v) is 3.66. The van der Waals surface area contributed by atoms with Gasteiger partial charge in [-0.1, -0.05) is 54.6 Å². The molecule has 3 aromatic rings. The minimum Gasteiger partial charge on any atom is -0.434 e. The number of carbonyl (C=O) groups excluding carboxylic acids is 1. The fraction of sp³-hybridized carbons (Fsp3) is 0.105. The highest BCUT2D eigenvalue weighted by Gasteiger charge is 2.12. The van der Waals surface area contributed by atoms with Crippen molar-refractivity contribution in [3.8, 4) is 5.75 Å². The minimum absolute atomic E-state index is 0.0609. The highest BCUT2D eigenvalue weighted by atomic mass is 19.3. The smallest absolute Gasteiger partial charge is 0.387 e. The van der Waals surface area contributed by atoms with Gasteiger partial charge in [-0.2, -0.15) is 8.78 Å². The summed E-state index contributed by atoms with van der Waals surface area (Å²) in [5, 5.41) is 4.56. The zero-order valence-electron chi connectivity index (χ0n) is 12.7. The van der Waals surface area contributed by atoms with E-state index in [-0.39, 0.29) is 18.2 Å². The maximum absolute atomic E-state index is 12.5. The van der Waals surface area contributed by atoms with Gasteiger partial charge >= 0.3 is 6.61 Å². The van der Waals surface area contributed by atoms with Crippen molar-refractivity contribution < 1.29 is 18.3 Å². The summed E-state index contributed by atoms with van der Waals surface area (Å²) in [5.41, 5.74) is 1.03. The molecule has 0 unspecified atom stereocenters. The van der Waals surface area contributed by atoms with Gasteiger partial charge in [0.25, 0.3) is 5.91 Å². The van der Waals surface area contributed by atoms with Gasteiger partial charge in [0.1, 0.15) is 5.75 Å². The van der Waals surface area contributed by atoms with E-state index in [1.165, 1.54) is 6.07 Å². The lowest BCUT2D eigenvalue weighted by Gasteiger charge is -2.12. The predicted molar refractivity (Wildman–Crippen MR) is 88.2 cm³/mol. The van der Waals surface area contributed by atoms with Gasteiger partial charge in [0.05, 0.1) is 0 Å². The van der Waals surface area contributed by atoms with Crippen molar-refractivity contribution in [3.05, 3.63) is 77.9 Å². The van der Waals surface area contributed by atoms with Crippen LogP contribution in [0.5, 0.6) is 5.75 Å². The summed E-state index contributed by atoms with van der Waals surface area (Å²) in [6.07, 6.45) is 0. The van der Waals surface area contributed by atoms with Gasteiger partial charge in [0.2, 0.25) is 0 Å². The Morgan fingerprint density at radius 3 is 2.50 bits per heavy atom. The molecule has 24 heavy (non-hydrogen) atoms. The molecule has 0 aliphatic carbocycles. The van der Waals surface area contributed by atoms with Crippen LogP contribution in [-0.4, -0.2) is 12.5 Å². The topological polar surface area (TPSA) is 38.3 Å². The standard InChI is InChI=1S/C19H15F2NO2/c20-19(21)24-17-11-4-2-7-14(17)12-22-18(23)16-10-5-8-13-6-1-3-9-15(13)16/h1-11,19H,12H2,(H,22,23). The van der Waals surface area contributed by atoms with Gasteiger partial charge < -0.3 is 10.1 Å². The molecule has 0 fully saturated rings. The first kappa shape index (κ1) is 15.9. The van der Waals surface area contributed by atoms with Crippen LogP contribution < -0.4 is 10.1 Å². The van der Waals surface area contributed by atoms with Crippen LogP contribution in [0.15, 0.2) is 66.7 Å². The number of hydrogen-bond acceptors (Lipinski definition) is 2. The Balaban J connectivity index is 1.79. The molecule has 3 nitrogen and oxygen atoms in total. The number of rotatable bonds is 5. The average molecular weight is 327 g/mol. The third kappa shape index (κ3) is 3.51. The van der Waals surface area contributed by atoms with Crippen LogP contribution in [-0.2, 0) is 6.54 Å². The molecule has 0 atom stereocenters. The molecule has 1 amide bonds. The molecule has 0 aliphatic heterocycles. The Labute approximate surface area is 137 Å². The molecule has 3 rings (SSSR count).